The summed E-state index contributed by atoms with van der Waals surface area (Å²) < 4.78 is 38.8. The molecule has 1 unspecified atom stereocenters. The van der Waals surface area contributed by atoms with Crippen LogP contribution in [0, 0.1) is 5.92 Å². The maximum Gasteiger partial charge on any atom is 0.407 e. The third-order valence-corrected chi connectivity index (χ3v) is 7.78. The highest BCUT2D eigenvalue weighted by molar-refractivity contribution is 7.89. The molecule has 2 aromatic rings. The number of rotatable bonds is 12. The quantitative estimate of drug-likeness (QED) is 0.344. The zero-order valence-corrected chi connectivity index (χ0v) is 22.3. The largest absolute Gasteiger partial charge is 0.446 e. The lowest BCUT2D eigenvalue weighted by molar-refractivity contribution is 0.0643. The summed E-state index contributed by atoms with van der Waals surface area (Å²) >= 11 is 0. The third kappa shape index (κ3) is 8.51. The normalized spacial score (nSPS) is 17.5. The lowest BCUT2D eigenvalue weighted by Crippen LogP contribution is -2.51. The minimum atomic E-state index is -4.07. The molecule has 0 bridgehead atoms. The summed E-state index contributed by atoms with van der Waals surface area (Å²) in [6, 6.07) is 11.4. The van der Waals surface area contributed by atoms with Crippen LogP contribution in [0.4, 0.5) is 4.79 Å². The van der Waals surface area contributed by atoms with Crippen LogP contribution < -0.4 is 10.8 Å². The monoisotopic (exact) mass is 533 g/mol. The van der Waals surface area contributed by atoms with Crippen LogP contribution in [0.5, 0.6) is 0 Å². The van der Waals surface area contributed by atoms with Crippen LogP contribution >= 0.6 is 0 Å². The molecule has 3 N–H and O–H groups in total. The lowest BCUT2D eigenvalue weighted by atomic mass is 9.65. The first-order valence-corrected chi connectivity index (χ1v) is 13.9. The van der Waals surface area contributed by atoms with Crippen LogP contribution in [0.1, 0.15) is 25.8 Å². The van der Waals surface area contributed by atoms with Crippen molar-refractivity contribution in [1.82, 2.24) is 14.6 Å². The van der Waals surface area contributed by atoms with E-state index in [1.807, 2.05) is 44.2 Å². The van der Waals surface area contributed by atoms with Gasteiger partial charge in [0.05, 0.1) is 25.4 Å². The highest BCUT2D eigenvalue weighted by Gasteiger charge is 2.33. The van der Waals surface area contributed by atoms with Gasteiger partial charge in [-0.05, 0) is 29.4 Å². The molecule has 1 amide bonds. The summed E-state index contributed by atoms with van der Waals surface area (Å²) in [6.07, 6.45) is -0.0928. The number of aromatic nitrogens is 1. The molecule has 3 rings (SSSR count). The Morgan fingerprint density at radius 3 is 2.54 bits per heavy atom. The Morgan fingerprint density at radius 1 is 1.24 bits per heavy atom. The number of nitrogens with one attached hydrogen (secondary N) is 1. The van der Waals surface area contributed by atoms with Gasteiger partial charge in [-0.1, -0.05) is 57.1 Å². The molecule has 1 aliphatic heterocycles. The molecule has 1 aromatic carbocycles. The maximum absolute atomic E-state index is 13.5. The SMILES string of the molecule is CB(O)c1ccc(S(=O)(=O)N(CC(C)C)C[C@@H](O)[C@H](Cc2ccccc2)NC(=O)OC2CCOC2)nc1. The fourth-order valence-electron chi connectivity index (χ4n) is 4.03. The lowest BCUT2D eigenvalue weighted by Gasteiger charge is -2.30. The molecular weight excluding hydrogens is 497 g/mol. The van der Waals surface area contributed by atoms with Gasteiger partial charge in [0.1, 0.15) is 6.10 Å². The number of aliphatic hydroxyl groups excluding tert-OH is 1. The van der Waals surface area contributed by atoms with Crippen molar-refractivity contribution in [2.45, 2.75) is 56.8 Å². The van der Waals surface area contributed by atoms with Crippen molar-refractivity contribution < 1.29 is 32.8 Å². The van der Waals surface area contributed by atoms with Crippen molar-refractivity contribution in [3.8, 4) is 0 Å². The number of aliphatic hydroxyl groups is 1. The minimum Gasteiger partial charge on any atom is -0.446 e. The number of sulfonamides is 1. The van der Waals surface area contributed by atoms with E-state index < -0.39 is 35.2 Å². The van der Waals surface area contributed by atoms with Gasteiger partial charge < -0.3 is 24.9 Å². The van der Waals surface area contributed by atoms with Crippen LogP contribution in [-0.4, -0.2) is 85.4 Å². The number of hydrogen-bond donors (Lipinski definition) is 3. The van der Waals surface area contributed by atoms with E-state index in [0.29, 0.717) is 25.1 Å². The second-order valence-corrected chi connectivity index (χ2v) is 11.6. The Hall–Kier alpha value is -2.51. The highest BCUT2D eigenvalue weighted by Crippen LogP contribution is 2.18. The van der Waals surface area contributed by atoms with Crippen molar-refractivity contribution in [2.24, 2.45) is 5.92 Å². The fourth-order valence-corrected chi connectivity index (χ4v) is 5.57. The van der Waals surface area contributed by atoms with E-state index in [0.717, 1.165) is 5.56 Å². The molecular formula is C25H36BN3O7S. The smallest absolute Gasteiger partial charge is 0.407 e. The number of carbonyl (C=O) groups is 1. The van der Waals surface area contributed by atoms with E-state index in [1.165, 1.54) is 22.6 Å². The van der Waals surface area contributed by atoms with Gasteiger partial charge in [-0.15, -0.1) is 0 Å². The highest BCUT2D eigenvalue weighted by atomic mass is 32.2. The Labute approximate surface area is 219 Å². The second-order valence-electron chi connectivity index (χ2n) is 9.72. The fraction of sp³-hybridized carbons (Fsp3) is 0.520. The molecule has 10 nitrogen and oxygen atoms in total. The summed E-state index contributed by atoms with van der Waals surface area (Å²) in [5.41, 5.74) is 1.36. The predicted molar refractivity (Wildman–Crippen MR) is 140 cm³/mol. The van der Waals surface area contributed by atoms with Crippen LogP contribution in [0.15, 0.2) is 53.7 Å². The van der Waals surface area contributed by atoms with Gasteiger partial charge in [0.15, 0.2) is 5.03 Å². The summed E-state index contributed by atoms with van der Waals surface area (Å²) in [7, 11) is -4.07. The van der Waals surface area contributed by atoms with Crippen LogP contribution in [-0.2, 0) is 25.9 Å². The molecule has 1 saturated heterocycles. The summed E-state index contributed by atoms with van der Waals surface area (Å²) in [6.45, 7) is 5.25. The molecule has 0 saturated carbocycles. The molecule has 0 radical (unpaired) electrons. The van der Waals surface area contributed by atoms with Crippen molar-refractivity contribution in [2.75, 3.05) is 26.3 Å². The molecule has 0 aliphatic carbocycles. The standard InChI is InChI=1S/C25H36BN3O7S/c1-18(2)15-29(37(33,34)24-10-9-20(14-27-24)26(3)32)16-23(30)22(13-19-7-5-4-6-8-19)28-25(31)36-21-11-12-35-17-21/h4-10,14,18,21-23,30,32H,11-13,15-17H2,1-3H3,(H,28,31)/t21?,22-,23+/m0/s1. The summed E-state index contributed by atoms with van der Waals surface area (Å²) in [5.74, 6) is -0.0356. The molecule has 0 spiro atoms. The van der Waals surface area contributed by atoms with Gasteiger partial charge in [0.2, 0.25) is 0 Å². The van der Waals surface area contributed by atoms with E-state index in [1.54, 1.807) is 6.82 Å². The minimum absolute atomic E-state index is 0.0356. The number of carbonyl (C=O) groups excluding carboxylic acids is 1. The Kier molecular flexibility index (Phi) is 10.5. The van der Waals surface area contributed by atoms with E-state index >= 15 is 0 Å². The van der Waals surface area contributed by atoms with Crippen molar-refractivity contribution >= 4 is 28.5 Å². The zero-order chi connectivity index (χ0) is 27.0. The van der Waals surface area contributed by atoms with Gasteiger partial charge >= 0.3 is 13.0 Å². The molecule has 202 valence electrons. The van der Waals surface area contributed by atoms with Crippen molar-refractivity contribution in [3.05, 3.63) is 54.2 Å². The van der Waals surface area contributed by atoms with Crippen LogP contribution in [0.25, 0.3) is 0 Å². The van der Waals surface area contributed by atoms with Gasteiger partial charge in [0.25, 0.3) is 10.0 Å². The van der Waals surface area contributed by atoms with Crippen molar-refractivity contribution in [3.63, 3.8) is 0 Å². The molecule has 3 atom stereocenters. The number of nitrogens with zero attached hydrogens (tertiary/aromatic N) is 2. The van der Waals surface area contributed by atoms with Crippen LogP contribution in [0.3, 0.4) is 0 Å². The number of pyridine rings is 1. The Bertz CT molecular complexity index is 1100. The van der Waals surface area contributed by atoms with E-state index in [2.05, 4.69) is 10.3 Å². The number of alkyl carbamates (subject to hydrolysis) is 1. The van der Waals surface area contributed by atoms with Gasteiger partial charge in [-0.25, -0.2) is 18.2 Å². The van der Waals surface area contributed by atoms with Gasteiger partial charge in [-0.2, -0.15) is 4.31 Å². The van der Waals surface area contributed by atoms with E-state index in [-0.39, 0.29) is 36.6 Å². The first kappa shape index (κ1) is 29.1. The predicted octanol–water partition coefficient (Wildman–Crippen LogP) is 1.04. The molecule has 1 aromatic heterocycles. The molecule has 1 fully saturated rings. The number of hydrogen-bond acceptors (Lipinski definition) is 8. The zero-order valence-electron chi connectivity index (χ0n) is 21.5. The first-order chi connectivity index (χ1) is 17.6. The average Bonchev–Trinajstić information content (AvgIpc) is 3.36. The second kappa shape index (κ2) is 13.3. The summed E-state index contributed by atoms with van der Waals surface area (Å²) in [4.78, 5) is 16.7. The van der Waals surface area contributed by atoms with E-state index in [9.17, 15) is 23.3 Å². The first-order valence-electron chi connectivity index (χ1n) is 12.5. The van der Waals surface area contributed by atoms with Gasteiger partial charge in [0, 0.05) is 25.7 Å². The Morgan fingerprint density at radius 2 is 1.97 bits per heavy atom. The van der Waals surface area contributed by atoms with E-state index in [4.69, 9.17) is 9.47 Å². The number of amides is 1. The van der Waals surface area contributed by atoms with Crippen LogP contribution in [0.2, 0.25) is 6.82 Å². The number of benzene rings is 1. The maximum atomic E-state index is 13.5. The topological polar surface area (TPSA) is 138 Å². The molecule has 12 heteroatoms. The Balaban J connectivity index is 1.81. The average molecular weight is 533 g/mol. The van der Waals surface area contributed by atoms with Crippen molar-refractivity contribution in [1.29, 1.82) is 0 Å². The van der Waals surface area contributed by atoms with Gasteiger partial charge in [-0.3, -0.25) is 0 Å². The molecule has 1 aliphatic rings. The third-order valence-electron chi connectivity index (χ3n) is 6.03. The molecule has 2 heterocycles. The number of ether oxygens (including phenoxy) is 2. The molecule has 37 heavy (non-hydrogen) atoms. The summed E-state index contributed by atoms with van der Waals surface area (Å²) in [5, 5.41) is 23.5.